The summed E-state index contributed by atoms with van der Waals surface area (Å²) >= 11 is 0. The first-order valence-electron chi connectivity index (χ1n) is 9.48. The van der Waals surface area contributed by atoms with Crippen LogP contribution in [0.1, 0.15) is 50.5 Å². The molecule has 0 unspecified atom stereocenters. The van der Waals surface area contributed by atoms with Crippen molar-refractivity contribution in [3.63, 3.8) is 0 Å². The number of amides is 1. The summed E-state index contributed by atoms with van der Waals surface area (Å²) in [6, 6.07) is 8.28. The second kappa shape index (κ2) is 9.19. The lowest BCUT2D eigenvalue weighted by atomic mass is 9.86. The van der Waals surface area contributed by atoms with Gasteiger partial charge in [-0.2, -0.15) is 0 Å². The molecule has 1 N–H and O–H groups in total. The minimum atomic E-state index is 0.154. The number of morpholine rings is 1. The number of nitrogens with one attached hydrogen (secondary N) is 1. The highest BCUT2D eigenvalue weighted by atomic mass is 16.5. The number of carbonyl (C=O) groups is 1. The van der Waals surface area contributed by atoms with Crippen LogP contribution in [0, 0.1) is 5.92 Å². The molecule has 24 heavy (non-hydrogen) atoms. The predicted molar refractivity (Wildman–Crippen MR) is 97.0 cm³/mol. The lowest BCUT2D eigenvalue weighted by molar-refractivity contribution is -0.116. The Labute approximate surface area is 145 Å². The number of benzene rings is 1. The molecular formula is C20H30N2O2. The van der Waals surface area contributed by atoms with Crippen molar-refractivity contribution < 1.29 is 9.53 Å². The first-order chi connectivity index (χ1) is 11.8. The monoisotopic (exact) mass is 330 g/mol. The Balaban J connectivity index is 1.40. The molecule has 1 aliphatic heterocycles. The SMILES string of the molecule is O=C(CCC1CCCCC1)Nc1ccc(CN2CCOCC2)cc1. The van der Waals surface area contributed by atoms with E-state index in [-0.39, 0.29) is 5.91 Å². The van der Waals surface area contributed by atoms with E-state index in [1.54, 1.807) is 0 Å². The summed E-state index contributed by atoms with van der Waals surface area (Å²) in [6.45, 7) is 4.61. The summed E-state index contributed by atoms with van der Waals surface area (Å²) in [6.07, 6.45) is 8.38. The average Bonchev–Trinajstić information content (AvgIpc) is 2.63. The van der Waals surface area contributed by atoms with Gasteiger partial charge in [0, 0.05) is 31.7 Å². The minimum Gasteiger partial charge on any atom is -0.379 e. The van der Waals surface area contributed by atoms with Crippen molar-refractivity contribution in [3.05, 3.63) is 29.8 Å². The van der Waals surface area contributed by atoms with E-state index < -0.39 is 0 Å². The van der Waals surface area contributed by atoms with Gasteiger partial charge < -0.3 is 10.1 Å². The number of ether oxygens (including phenoxy) is 1. The zero-order valence-electron chi connectivity index (χ0n) is 14.6. The number of hydrogen-bond acceptors (Lipinski definition) is 3. The topological polar surface area (TPSA) is 41.6 Å². The minimum absolute atomic E-state index is 0.154. The largest absolute Gasteiger partial charge is 0.379 e. The molecule has 2 aliphatic rings. The van der Waals surface area contributed by atoms with Gasteiger partial charge in [-0.15, -0.1) is 0 Å². The van der Waals surface area contributed by atoms with Crippen molar-refractivity contribution in [3.8, 4) is 0 Å². The van der Waals surface area contributed by atoms with Crippen LogP contribution >= 0.6 is 0 Å². The molecule has 3 rings (SSSR count). The van der Waals surface area contributed by atoms with Crippen molar-refractivity contribution in [2.45, 2.75) is 51.5 Å². The van der Waals surface area contributed by atoms with E-state index in [0.717, 1.165) is 50.9 Å². The summed E-state index contributed by atoms with van der Waals surface area (Å²) in [4.78, 5) is 14.5. The fourth-order valence-corrected chi connectivity index (χ4v) is 3.75. The van der Waals surface area contributed by atoms with Gasteiger partial charge in [0.15, 0.2) is 0 Å². The summed E-state index contributed by atoms with van der Waals surface area (Å²) < 4.78 is 5.38. The van der Waals surface area contributed by atoms with Gasteiger partial charge in [-0.1, -0.05) is 44.2 Å². The highest BCUT2D eigenvalue weighted by Gasteiger charge is 2.15. The van der Waals surface area contributed by atoms with Crippen molar-refractivity contribution in [1.29, 1.82) is 0 Å². The fourth-order valence-electron chi connectivity index (χ4n) is 3.75. The maximum Gasteiger partial charge on any atom is 0.224 e. The Kier molecular flexibility index (Phi) is 6.67. The Morgan fingerprint density at radius 1 is 1.08 bits per heavy atom. The zero-order valence-corrected chi connectivity index (χ0v) is 14.6. The molecule has 0 spiro atoms. The van der Waals surface area contributed by atoms with E-state index in [1.165, 1.54) is 37.7 Å². The van der Waals surface area contributed by atoms with E-state index >= 15 is 0 Å². The molecule has 1 aliphatic carbocycles. The van der Waals surface area contributed by atoms with E-state index in [9.17, 15) is 4.79 Å². The van der Waals surface area contributed by atoms with Crippen LogP contribution in [0.15, 0.2) is 24.3 Å². The highest BCUT2D eigenvalue weighted by molar-refractivity contribution is 5.90. The van der Waals surface area contributed by atoms with Gasteiger partial charge in [0.25, 0.3) is 0 Å². The summed E-state index contributed by atoms with van der Waals surface area (Å²) in [5.41, 5.74) is 2.20. The quantitative estimate of drug-likeness (QED) is 0.862. The van der Waals surface area contributed by atoms with Gasteiger partial charge in [-0.25, -0.2) is 0 Å². The van der Waals surface area contributed by atoms with Crippen LogP contribution in [0.3, 0.4) is 0 Å². The maximum atomic E-state index is 12.1. The molecule has 2 fully saturated rings. The van der Waals surface area contributed by atoms with Gasteiger partial charge >= 0.3 is 0 Å². The number of hydrogen-bond donors (Lipinski definition) is 1. The van der Waals surface area contributed by atoms with Gasteiger partial charge in [0.1, 0.15) is 0 Å². The third-order valence-electron chi connectivity index (χ3n) is 5.25. The van der Waals surface area contributed by atoms with Crippen LogP contribution in [0.4, 0.5) is 5.69 Å². The number of nitrogens with zero attached hydrogens (tertiary/aromatic N) is 1. The third-order valence-corrected chi connectivity index (χ3v) is 5.25. The molecule has 132 valence electrons. The molecule has 1 amide bonds. The Morgan fingerprint density at radius 2 is 1.79 bits per heavy atom. The standard InChI is InChI=1S/C20H30N2O2/c23-20(11-8-17-4-2-1-3-5-17)21-19-9-6-18(7-10-19)16-22-12-14-24-15-13-22/h6-7,9-10,17H,1-5,8,11-16H2,(H,21,23). The van der Waals surface area contributed by atoms with Crippen LogP contribution in [-0.2, 0) is 16.1 Å². The van der Waals surface area contributed by atoms with E-state index in [1.807, 2.05) is 12.1 Å². The van der Waals surface area contributed by atoms with Gasteiger partial charge in [0.2, 0.25) is 5.91 Å². The lowest BCUT2D eigenvalue weighted by Gasteiger charge is -2.26. The van der Waals surface area contributed by atoms with Crippen molar-refractivity contribution in [2.24, 2.45) is 5.92 Å². The normalized spacial score (nSPS) is 20.0. The molecular weight excluding hydrogens is 300 g/mol. The van der Waals surface area contributed by atoms with E-state index in [4.69, 9.17) is 4.74 Å². The van der Waals surface area contributed by atoms with Crippen LogP contribution in [0.5, 0.6) is 0 Å². The van der Waals surface area contributed by atoms with Crippen LogP contribution in [-0.4, -0.2) is 37.1 Å². The Hall–Kier alpha value is -1.39. The molecule has 1 heterocycles. The van der Waals surface area contributed by atoms with Gasteiger partial charge in [-0.3, -0.25) is 9.69 Å². The lowest BCUT2D eigenvalue weighted by Crippen LogP contribution is -2.35. The van der Waals surface area contributed by atoms with Crippen molar-refractivity contribution >= 4 is 11.6 Å². The molecule has 0 aromatic heterocycles. The molecule has 1 saturated heterocycles. The molecule has 4 nitrogen and oxygen atoms in total. The molecule has 4 heteroatoms. The molecule has 0 atom stereocenters. The second-order valence-corrected chi connectivity index (χ2v) is 7.18. The zero-order chi connectivity index (χ0) is 16.6. The number of rotatable bonds is 6. The highest BCUT2D eigenvalue weighted by Crippen LogP contribution is 2.27. The summed E-state index contributed by atoms with van der Waals surface area (Å²) in [5, 5.41) is 3.04. The van der Waals surface area contributed by atoms with Crippen molar-refractivity contribution in [1.82, 2.24) is 4.90 Å². The maximum absolute atomic E-state index is 12.1. The molecule has 0 radical (unpaired) electrons. The molecule has 1 aromatic carbocycles. The van der Waals surface area contributed by atoms with Gasteiger partial charge in [-0.05, 0) is 30.0 Å². The summed E-state index contributed by atoms with van der Waals surface area (Å²) in [7, 11) is 0. The smallest absolute Gasteiger partial charge is 0.224 e. The summed E-state index contributed by atoms with van der Waals surface area (Å²) in [5.74, 6) is 0.918. The predicted octanol–water partition coefficient (Wildman–Crippen LogP) is 3.82. The second-order valence-electron chi connectivity index (χ2n) is 7.18. The van der Waals surface area contributed by atoms with Gasteiger partial charge in [0.05, 0.1) is 13.2 Å². The molecule has 1 saturated carbocycles. The van der Waals surface area contributed by atoms with E-state index in [0.29, 0.717) is 6.42 Å². The van der Waals surface area contributed by atoms with E-state index in [2.05, 4.69) is 22.3 Å². The van der Waals surface area contributed by atoms with Crippen molar-refractivity contribution in [2.75, 3.05) is 31.6 Å². The van der Waals surface area contributed by atoms with Crippen LogP contribution in [0.25, 0.3) is 0 Å². The first kappa shape index (κ1) is 17.4. The first-order valence-corrected chi connectivity index (χ1v) is 9.48. The van der Waals surface area contributed by atoms with Crippen LogP contribution < -0.4 is 5.32 Å². The Morgan fingerprint density at radius 3 is 2.50 bits per heavy atom. The number of carbonyl (C=O) groups excluding carboxylic acids is 1. The average molecular weight is 330 g/mol. The third kappa shape index (κ3) is 5.60. The number of anilines is 1. The fraction of sp³-hybridized carbons (Fsp3) is 0.650. The Bertz CT molecular complexity index is 503. The molecule has 0 bridgehead atoms. The molecule has 1 aromatic rings. The van der Waals surface area contributed by atoms with Crippen LogP contribution in [0.2, 0.25) is 0 Å².